The van der Waals surface area contributed by atoms with Crippen LogP contribution in [0.3, 0.4) is 0 Å². The molecule has 3 rings (SSSR count). The predicted molar refractivity (Wildman–Crippen MR) is 74.2 cm³/mol. The molecule has 1 fully saturated rings. The second-order valence-corrected chi connectivity index (χ2v) is 5.14. The summed E-state index contributed by atoms with van der Waals surface area (Å²) in [4.78, 5) is 25.8. The molecular weight excluding hydrogens is 273 g/mol. The molecule has 1 aliphatic heterocycles. The molecule has 0 bridgehead atoms. The fourth-order valence-corrected chi connectivity index (χ4v) is 2.63. The van der Waals surface area contributed by atoms with Crippen molar-refractivity contribution in [1.29, 1.82) is 0 Å². The zero-order valence-corrected chi connectivity index (χ0v) is 11.7. The largest absolute Gasteiger partial charge is 0.274 e. The van der Waals surface area contributed by atoms with Crippen LogP contribution in [0, 0.1) is 19.7 Å². The van der Waals surface area contributed by atoms with E-state index in [9.17, 15) is 14.0 Å². The predicted octanol–water partition coefficient (Wildman–Crippen LogP) is 2.14. The van der Waals surface area contributed by atoms with Gasteiger partial charge in [0.15, 0.2) is 0 Å². The summed E-state index contributed by atoms with van der Waals surface area (Å²) >= 11 is 0. The highest BCUT2D eigenvalue weighted by molar-refractivity contribution is 6.21. The third kappa shape index (κ3) is 2.22. The molecule has 2 aromatic rings. The zero-order valence-electron chi connectivity index (χ0n) is 11.7. The van der Waals surface area contributed by atoms with Gasteiger partial charge in [0, 0.05) is 5.69 Å². The lowest BCUT2D eigenvalue weighted by Gasteiger charge is -2.15. The molecule has 108 valence electrons. The molecule has 1 aliphatic rings. The minimum Gasteiger partial charge on any atom is -0.274 e. The van der Waals surface area contributed by atoms with E-state index >= 15 is 0 Å². The number of amides is 2. The molecule has 0 saturated carbocycles. The van der Waals surface area contributed by atoms with E-state index in [-0.39, 0.29) is 18.2 Å². The van der Waals surface area contributed by atoms with Crippen LogP contribution >= 0.6 is 0 Å². The maximum atomic E-state index is 13.0. The Balaban J connectivity index is 1.95. The Labute approximate surface area is 121 Å². The second kappa shape index (κ2) is 4.80. The van der Waals surface area contributed by atoms with Gasteiger partial charge in [-0.1, -0.05) is 0 Å². The Bertz CT molecular complexity index is 721. The number of aromatic nitrogens is 2. The fourth-order valence-electron chi connectivity index (χ4n) is 2.63. The van der Waals surface area contributed by atoms with E-state index in [2.05, 4.69) is 5.10 Å². The minimum atomic E-state index is -0.628. The molecular formula is C15H14FN3O2. The van der Waals surface area contributed by atoms with Crippen LogP contribution in [0.1, 0.15) is 23.9 Å². The van der Waals surface area contributed by atoms with Crippen LogP contribution in [0.15, 0.2) is 30.3 Å². The normalized spacial score (nSPS) is 18.6. The van der Waals surface area contributed by atoms with Crippen molar-refractivity contribution in [3.8, 4) is 0 Å². The Morgan fingerprint density at radius 2 is 1.86 bits per heavy atom. The van der Waals surface area contributed by atoms with Gasteiger partial charge in [-0.2, -0.15) is 5.10 Å². The first-order valence-corrected chi connectivity index (χ1v) is 6.62. The Kier molecular flexibility index (Phi) is 3.08. The maximum absolute atomic E-state index is 13.0. The van der Waals surface area contributed by atoms with Gasteiger partial charge in [-0.25, -0.2) is 9.29 Å². The summed E-state index contributed by atoms with van der Waals surface area (Å²) in [7, 11) is 0. The number of hydrogen-bond acceptors (Lipinski definition) is 3. The monoisotopic (exact) mass is 287 g/mol. The third-order valence-electron chi connectivity index (χ3n) is 3.55. The quantitative estimate of drug-likeness (QED) is 0.795. The van der Waals surface area contributed by atoms with E-state index < -0.39 is 11.9 Å². The Morgan fingerprint density at radius 3 is 2.43 bits per heavy atom. The Morgan fingerprint density at radius 1 is 1.19 bits per heavy atom. The lowest BCUT2D eigenvalue weighted by molar-refractivity contribution is -0.122. The minimum absolute atomic E-state index is 0.0676. The number of hydrogen-bond donors (Lipinski definition) is 0. The van der Waals surface area contributed by atoms with E-state index in [4.69, 9.17) is 0 Å². The van der Waals surface area contributed by atoms with Gasteiger partial charge in [-0.05, 0) is 44.2 Å². The van der Waals surface area contributed by atoms with Gasteiger partial charge in [0.2, 0.25) is 5.91 Å². The van der Waals surface area contributed by atoms with Gasteiger partial charge >= 0.3 is 0 Å². The van der Waals surface area contributed by atoms with E-state index in [1.165, 1.54) is 24.3 Å². The first-order valence-electron chi connectivity index (χ1n) is 6.62. The molecule has 21 heavy (non-hydrogen) atoms. The summed E-state index contributed by atoms with van der Waals surface area (Å²) in [5.41, 5.74) is 2.02. The van der Waals surface area contributed by atoms with Crippen LogP contribution in [0.25, 0.3) is 0 Å². The van der Waals surface area contributed by atoms with Crippen LogP contribution in [-0.2, 0) is 9.59 Å². The van der Waals surface area contributed by atoms with Crippen LogP contribution in [0.4, 0.5) is 10.1 Å². The van der Waals surface area contributed by atoms with Crippen molar-refractivity contribution < 1.29 is 14.0 Å². The van der Waals surface area contributed by atoms with E-state index in [1.54, 1.807) is 4.68 Å². The molecule has 0 radical (unpaired) electrons. The van der Waals surface area contributed by atoms with Crippen LogP contribution in [0.5, 0.6) is 0 Å². The van der Waals surface area contributed by atoms with Gasteiger partial charge in [-0.3, -0.25) is 14.3 Å². The van der Waals surface area contributed by atoms with Crippen molar-refractivity contribution >= 4 is 17.5 Å². The molecule has 5 nitrogen and oxygen atoms in total. The summed E-state index contributed by atoms with van der Waals surface area (Å²) < 4.78 is 14.5. The molecule has 1 aromatic heterocycles. The molecule has 2 amide bonds. The van der Waals surface area contributed by atoms with E-state index in [0.29, 0.717) is 5.69 Å². The molecule has 6 heteroatoms. The van der Waals surface area contributed by atoms with Gasteiger partial charge in [-0.15, -0.1) is 0 Å². The summed E-state index contributed by atoms with van der Waals surface area (Å²) in [6.07, 6.45) is 0.0676. The number of nitrogens with zero attached hydrogens (tertiary/aromatic N) is 3. The lowest BCUT2D eigenvalue weighted by Crippen LogP contribution is -2.31. The van der Waals surface area contributed by atoms with Crippen LogP contribution in [-0.4, -0.2) is 21.6 Å². The number of anilines is 1. The maximum Gasteiger partial charge on any atom is 0.259 e. The highest BCUT2D eigenvalue weighted by atomic mass is 19.1. The number of benzene rings is 1. The number of halogens is 1. The highest BCUT2D eigenvalue weighted by Crippen LogP contribution is 2.30. The fraction of sp³-hybridized carbons (Fsp3) is 0.267. The van der Waals surface area contributed by atoms with Crippen molar-refractivity contribution in [2.45, 2.75) is 26.3 Å². The molecule has 0 N–H and O–H groups in total. The average Bonchev–Trinajstić information content (AvgIpc) is 2.91. The first kappa shape index (κ1) is 13.5. The van der Waals surface area contributed by atoms with Crippen LogP contribution < -0.4 is 4.90 Å². The number of rotatable bonds is 2. The molecule has 1 unspecified atom stereocenters. The molecule has 2 heterocycles. The lowest BCUT2D eigenvalue weighted by atomic mass is 10.2. The number of imide groups is 1. The van der Waals surface area contributed by atoms with Crippen molar-refractivity contribution in [3.63, 3.8) is 0 Å². The standard InChI is InChI=1S/C15H14FN3O2/c1-9-7-10(2)19(17-9)13-8-14(20)18(15(13)21)12-5-3-11(16)4-6-12/h3-7,13H,8H2,1-2H3. The molecule has 0 aliphatic carbocycles. The van der Waals surface area contributed by atoms with Gasteiger partial charge in [0.05, 0.1) is 17.8 Å². The molecule has 1 saturated heterocycles. The van der Waals surface area contributed by atoms with E-state index in [1.807, 2.05) is 19.9 Å². The first-order chi connectivity index (χ1) is 9.97. The Hall–Kier alpha value is -2.50. The third-order valence-corrected chi connectivity index (χ3v) is 3.55. The van der Waals surface area contributed by atoms with Crippen LogP contribution in [0.2, 0.25) is 0 Å². The van der Waals surface area contributed by atoms with Crippen molar-refractivity contribution in [2.24, 2.45) is 0 Å². The topological polar surface area (TPSA) is 55.2 Å². The smallest absolute Gasteiger partial charge is 0.259 e. The number of carbonyl (C=O) groups is 2. The highest BCUT2D eigenvalue weighted by Gasteiger charge is 2.41. The molecule has 1 aromatic carbocycles. The van der Waals surface area contributed by atoms with Gasteiger partial charge < -0.3 is 0 Å². The van der Waals surface area contributed by atoms with Crippen molar-refractivity contribution in [3.05, 3.63) is 47.5 Å². The zero-order chi connectivity index (χ0) is 15.1. The van der Waals surface area contributed by atoms with Gasteiger partial charge in [0.25, 0.3) is 5.91 Å². The summed E-state index contributed by atoms with van der Waals surface area (Å²) in [6.45, 7) is 3.68. The summed E-state index contributed by atoms with van der Waals surface area (Å²) in [6, 6.07) is 6.54. The van der Waals surface area contributed by atoms with Gasteiger partial charge in [0.1, 0.15) is 11.9 Å². The average molecular weight is 287 g/mol. The summed E-state index contributed by atoms with van der Waals surface area (Å²) in [5, 5.41) is 4.28. The number of carbonyl (C=O) groups excluding carboxylic acids is 2. The second-order valence-electron chi connectivity index (χ2n) is 5.14. The number of aryl methyl sites for hydroxylation is 2. The SMILES string of the molecule is Cc1cc(C)n(C2CC(=O)N(c3ccc(F)cc3)C2=O)n1. The van der Waals surface area contributed by atoms with E-state index in [0.717, 1.165) is 16.3 Å². The van der Waals surface area contributed by atoms with Crippen molar-refractivity contribution in [1.82, 2.24) is 9.78 Å². The molecule has 0 spiro atoms. The van der Waals surface area contributed by atoms with Crippen molar-refractivity contribution in [2.75, 3.05) is 4.90 Å². The summed E-state index contributed by atoms with van der Waals surface area (Å²) in [5.74, 6) is -1.05. The molecule has 1 atom stereocenters.